The minimum Gasteiger partial charge on any atom is -0.507 e. The van der Waals surface area contributed by atoms with Gasteiger partial charge in [0, 0.05) is 36.0 Å². The van der Waals surface area contributed by atoms with E-state index in [0.717, 1.165) is 35.7 Å². The number of hydrogen-bond acceptors (Lipinski definition) is 4. The number of nitrogens with zero attached hydrogens (tertiary/aromatic N) is 2. The number of aromatic nitrogens is 2. The molecule has 0 aliphatic rings. The quantitative estimate of drug-likeness (QED) is 0.718. The van der Waals surface area contributed by atoms with Crippen LogP contribution in [0.25, 0.3) is 11.3 Å². The molecule has 25 heavy (non-hydrogen) atoms. The van der Waals surface area contributed by atoms with Crippen LogP contribution < -0.4 is 5.32 Å². The fraction of sp³-hybridized carbons (Fsp3) is 0.238. The Morgan fingerprint density at radius 1 is 0.960 bits per heavy atom. The van der Waals surface area contributed by atoms with Gasteiger partial charge in [0.1, 0.15) is 5.75 Å². The van der Waals surface area contributed by atoms with Crippen molar-refractivity contribution in [1.82, 2.24) is 15.3 Å². The molecule has 0 amide bonds. The number of phenols is 1. The third-order valence-electron chi connectivity index (χ3n) is 4.22. The summed E-state index contributed by atoms with van der Waals surface area (Å²) in [5.41, 5.74) is 3.40. The molecule has 0 atom stereocenters. The Balaban J connectivity index is 1.74. The second-order valence-electron chi connectivity index (χ2n) is 6.73. The van der Waals surface area contributed by atoms with Crippen LogP contribution in [0.3, 0.4) is 0 Å². The molecule has 0 saturated carbocycles. The maximum absolute atomic E-state index is 10.1. The Morgan fingerprint density at radius 3 is 2.52 bits per heavy atom. The van der Waals surface area contributed by atoms with Crippen LogP contribution in [-0.4, -0.2) is 21.6 Å². The van der Waals surface area contributed by atoms with E-state index in [-0.39, 0.29) is 11.2 Å². The molecule has 4 nitrogen and oxygen atoms in total. The molecule has 2 N–H and O–H groups in total. The summed E-state index contributed by atoms with van der Waals surface area (Å²) < 4.78 is 0. The number of phenolic OH excluding ortho intramolecular Hbond substituents is 1. The number of hydrogen-bond donors (Lipinski definition) is 2. The summed E-state index contributed by atoms with van der Waals surface area (Å²) in [7, 11) is 0. The summed E-state index contributed by atoms with van der Waals surface area (Å²) in [6.07, 6.45) is 1.81. The maximum Gasteiger partial charge on any atom is 0.124 e. The van der Waals surface area contributed by atoms with Crippen LogP contribution >= 0.6 is 0 Å². The lowest BCUT2D eigenvalue weighted by Gasteiger charge is -2.25. The van der Waals surface area contributed by atoms with E-state index in [9.17, 15) is 5.11 Å². The number of nitrogens with one attached hydrogen (secondary N) is 1. The fourth-order valence-electron chi connectivity index (χ4n) is 2.75. The van der Waals surface area contributed by atoms with E-state index in [1.54, 1.807) is 12.3 Å². The van der Waals surface area contributed by atoms with Crippen LogP contribution in [0.15, 0.2) is 66.9 Å². The van der Waals surface area contributed by atoms with Crippen molar-refractivity contribution in [1.29, 1.82) is 0 Å². The van der Waals surface area contributed by atoms with Crippen molar-refractivity contribution >= 4 is 0 Å². The molecule has 3 aromatic rings. The van der Waals surface area contributed by atoms with Gasteiger partial charge < -0.3 is 10.4 Å². The van der Waals surface area contributed by atoms with Crippen molar-refractivity contribution in [3.8, 4) is 17.0 Å². The Bertz CT molecular complexity index is 831. The molecule has 2 heterocycles. The fourth-order valence-corrected chi connectivity index (χ4v) is 2.75. The first kappa shape index (κ1) is 17.1. The zero-order chi connectivity index (χ0) is 17.7. The van der Waals surface area contributed by atoms with Crippen LogP contribution in [-0.2, 0) is 12.0 Å². The molecule has 0 fully saturated rings. The molecule has 4 heteroatoms. The lowest BCUT2D eigenvalue weighted by atomic mass is 9.88. The molecule has 0 aliphatic heterocycles. The van der Waals surface area contributed by atoms with E-state index in [0.29, 0.717) is 0 Å². The molecule has 1 aromatic carbocycles. The predicted octanol–water partition coefficient (Wildman–Crippen LogP) is 3.92. The second-order valence-corrected chi connectivity index (χ2v) is 6.73. The minimum atomic E-state index is -0.144. The van der Waals surface area contributed by atoms with Crippen molar-refractivity contribution in [2.24, 2.45) is 0 Å². The highest BCUT2D eigenvalue weighted by Gasteiger charge is 2.22. The van der Waals surface area contributed by atoms with E-state index in [1.165, 1.54) is 0 Å². The largest absolute Gasteiger partial charge is 0.507 e. The Labute approximate surface area is 148 Å². The summed E-state index contributed by atoms with van der Waals surface area (Å²) >= 11 is 0. The first-order valence-electron chi connectivity index (χ1n) is 8.43. The molecule has 0 spiro atoms. The molecular weight excluding hydrogens is 310 g/mol. The number of para-hydroxylation sites is 1. The van der Waals surface area contributed by atoms with Crippen LogP contribution in [0.1, 0.15) is 25.2 Å². The smallest absolute Gasteiger partial charge is 0.124 e. The molecule has 3 rings (SSSR count). The Hall–Kier alpha value is -2.72. The molecule has 0 radical (unpaired) electrons. The van der Waals surface area contributed by atoms with Gasteiger partial charge in [-0.2, -0.15) is 0 Å². The van der Waals surface area contributed by atoms with Gasteiger partial charge in [0.25, 0.3) is 0 Å². The first-order valence-corrected chi connectivity index (χ1v) is 8.43. The summed E-state index contributed by atoms with van der Waals surface area (Å²) in [5, 5.41) is 13.5. The van der Waals surface area contributed by atoms with Crippen molar-refractivity contribution in [3.63, 3.8) is 0 Å². The summed E-state index contributed by atoms with van der Waals surface area (Å²) in [5.74, 6) is 0.248. The van der Waals surface area contributed by atoms with Gasteiger partial charge in [0.2, 0.25) is 0 Å². The number of benzene rings is 1. The van der Waals surface area contributed by atoms with E-state index in [2.05, 4.69) is 24.1 Å². The van der Waals surface area contributed by atoms with Gasteiger partial charge in [0.15, 0.2) is 0 Å². The van der Waals surface area contributed by atoms with E-state index < -0.39 is 0 Å². The van der Waals surface area contributed by atoms with Crippen molar-refractivity contribution < 1.29 is 5.11 Å². The van der Waals surface area contributed by atoms with Gasteiger partial charge in [-0.3, -0.25) is 9.97 Å². The van der Waals surface area contributed by atoms with E-state index in [1.807, 2.05) is 54.6 Å². The van der Waals surface area contributed by atoms with Gasteiger partial charge in [-0.15, -0.1) is 0 Å². The van der Waals surface area contributed by atoms with Gasteiger partial charge in [0.05, 0.1) is 11.4 Å². The van der Waals surface area contributed by atoms with Crippen LogP contribution in [0, 0.1) is 0 Å². The third-order valence-corrected chi connectivity index (χ3v) is 4.22. The van der Waals surface area contributed by atoms with Gasteiger partial charge in [-0.05, 0) is 36.4 Å². The van der Waals surface area contributed by atoms with Crippen molar-refractivity contribution in [3.05, 3.63) is 78.2 Å². The Kier molecular flexibility index (Phi) is 5.10. The maximum atomic E-state index is 10.1. The highest BCUT2D eigenvalue weighted by Crippen LogP contribution is 2.29. The van der Waals surface area contributed by atoms with Gasteiger partial charge >= 0.3 is 0 Å². The SMILES string of the molecule is CC(C)(CNCc1ccccn1)c1cccc(-c2ccccc2O)n1. The molecule has 2 aromatic heterocycles. The van der Waals surface area contributed by atoms with Crippen molar-refractivity contribution in [2.75, 3.05) is 6.54 Å². The molecule has 128 valence electrons. The number of aromatic hydroxyl groups is 1. The molecule has 0 unspecified atom stereocenters. The number of pyridine rings is 2. The monoisotopic (exact) mass is 333 g/mol. The average Bonchev–Trinajstić information content (AvgIpc) is 2.63. The second kappa shape index (κ2) is 7.45. The van der Waals surface area contributed by atoms with Crippen LogP contribution in [0.2, 0.25) is 0 Å². The zero-order valence-electron chi connectivity index (χ0n) is 14.6. The average molecular weight is 333 g/mol. The van der Waals surface area contributed by atoms with Gasteiger partial charge in [-0.1, -0.05) is 38.1 Å². The summed E-state index contributed by atoms with van der Waals surface area (Å²) in [4.78, 5) is 9.11. The number of rotatable bonds is 6. The highest BCUT2D eigenvalue weighted by atomic mass is 16.3. The lowest BCUT2D eigenvalue weighted by molar-refractivity contribution is 0.455. The summed E-state index contributed by atoms with van der Waals surface area (Å²) in [6.45, 7) is 5.83. The molecule has 0 bridgehead atoms. The molecule has 0 saturated heterocycles. The van der Waals surface area contributed by atoms with Gasteiger partial charge in [-0.25, -0.2) is 0 Å². The minimum absolute atomic E-state index is 0.144. The predicted molar refractivity (Wildman–Crippen MR) is 100 cm³/mol. The standard InChI is InChI=1S/C21H23N3O/c1-21(2,15-22-14-16-8-5-6-13-23-16)20-12-7-10-18(24-20)17-9-3-4-11-19(17)25/h3-13,22,25H,14-15H2,1-2H3. The molecular formula is C21H23N3O. The highest BCUT2D eigenvalue weighted by molar-refractivity contribution is 5.66. The Morgan fingerprint density at radius 2 is 1.76 bits per heavy atom. The van der Waals surface area contributed by atoms with Crippen molar-refractivity contribution in [2.45, 2.75) is 25.8 Å². The lowest BCUT2D eigenvalue weighted by Crippen LogP contribution is -2.33. The topological polar surface area (TPSA) is 58.0 Å². The van der Waals surface area contributed by atoms with E-state index >= 15 is 0 Å². The third kappa shape index (κ3) is 4.22. The van der Waals surface area contributed by atoms with Crippen LogP contribution in [0.4, 0.5) is 0 Å². The zero-order valence-corrected chi connectivity index (χ0v) is 14.6. The normalized spacial score (nSPS) is 11.4. The first-order chi connectivity index (χ1) is 12.1. The summed E-state index contributed by atoms with van der Waals surface area (Å²) in [6, 6.07) is 19.2. The molecule has 0 aliphatic carbocycles. The van der Waals surface area contributed by atoms with Crippen LogP contribution in [0.5, 0.6) is 5.75 Å². The van der Waals surface area contributed by atoms with E-state index in [4.69, 9.17) is 4.98 Å².